The lowest BCUT2D eigenvalue weighted by Crippen LogP contribution is -2.25. The van der Waals surface area contributed by atoms with Crippen molar-refractivity contribution in [3.05, 3.63) is 87.5 Å². The molecule has 3 aromatic rings. The van der Waals surface area contributed by atoms with Gasteiger partial charge >= 0.3 is 0 Å². The van der Waals surface area contributed by atoms with Crippen LogP contribution in [0.2, 0.25) is 0 Å². The fourth-order valence-corrected chi connectivity index (χ4v) is 2.86. The highest BCUT2D eigenvalue weighted by Gasteiger charge is 2.13. The van der Waals surface area contributed by atoms with Gasteiger partial charge in [0.2, 0.25) is 0 Å². The number of halogens is 1. The third-order valence-corrected chi connectivity index (χ3v) is 3.99. The number of aryl methyl sites for hydroxylation is 2. The van der Waals surface area contributed by atoms with E-state index in [-0.39, 0.29) is 12.1 Å². The van der Waals surface area contributed by atoms with Crippen LogP contribution in [0.25, 0.3) is 11.3 Å². The molecule has 0 fully saturated rings. The Labute approximate surface area is 145 Å². The molecule has 2 aromatic carbocycles. The Hall–Kier alpha value is -2.79. The molecule has 0 aliphatic rings. The summed E-state index contributed by atoms with van der Waals surface area (Å²) in [6.45, 7) is 3.91. The fourth-order valence-electron chi connectivity index (χ4n) is 2.86. The first-order valence-corrected chi connectivity index (χ1v) is 8.03. The summed E-state index contributed by atoms with van der Waals surface area (Å²) in [5.74, 6) is -0.407. The monoisotopic (exact) mass is 338 g/mol. The Morgan fingerprint density at radius 1 is 1.08 bits per heavy atom. The highest BCUT2D eigenvalue weighted by molar-refractivity contribution is 5.58. The summed E-state index contributed by atoms with van der Waals surface area (Å²) < 4.78 is 15.1. The van der Waals surface area contributed by atoms with Gasteiger partial charge in [0.25, 0.3) is 5.56 Å². The summed E-state index contributed by atoms with van der Waals surface area (Å²) in [5, 5.41) is 14.7. The Morgan fingerprint density at radius 3 is 2.44 bits per heavy atom. The van der Waals surface area contributed by atoms with Crippen LogP contribution in [0, 0.1) is 19.7 Å². The fraction of sp³-hybridized carbons (Fsp3) is 0.200. The van der Waals surface area contributed by atoms with Gasteiger partial charge in [0, 0.05) is 11.6 Å². The molecule has 0 radical (unpaired) electrons. The molecule has 0 spiro atoms. The molecule has 1 unspecified atom stereocenters. The highest BCUT2D eigenvalue weighted by atomic mass is 19.1. The van der Waals surface area contributed by atoms with Crippen molar-refractivity contribution in [2.24, 2.45) is 0 Å². The van der Waals surface area contributed by atoms with Crippen LogP contribution in [0.5, 0.6) is 0 Å². The predicted octanol–water partition coefficient (Wildman–Crippen LogP) is 3.40. The first-order valence-electron chi connectivity index (χ1n) is 8.03. The number of hydrogen-bond donors (Lipinski definition) is 1. The van der Waals surface area contributed by atoms with Crippen LogP contribution in [0.1, 0.15) is 22.8 Å². The number of hydrogen-bond acceptors (Lipinski definition) is 3. The van der Waals surface area contributed by atoms with E-state index in [1.54, 1.807) is 18.2 Å². The first-order chi connectivity index (χ1) is 11.9. The molecule has 5 heteroatoms. The van der Waals surface area contributed by atoms with Crippen LogP contribution in [0.4, 0.5) is 4.39 Å². The van der Waals surface area contributed by atoms with Gasteiger partial charge in [-0.2, -0.15) is 5.10 Å². The molecule has 0 aliphatic carbocycles. The van der Waals surface area contributed by atoms with E-state index in [1.807, 2.05) is 32.0 Å². The van der Waals surface area contributed by atoms with Gasteiger partial charge in [0.1, 0.15) is 5.82 Å². The molecule has 4 nitrogen and oxygen atoms in total. The van der Waals surface area contributed by atoms with Crippen molar-refractivity contribution in [2.45, 2.75) is 26.5 Å². The minimum Gasteiger partial charge on any atom is -0.386 e. The van der Waals surface area contributed by atoms with Gasteiger partial charge in [-0.05, 0) is 37.6 Å². The van der Waals surface area contributed by atoms with Crippen molar-refractivity contribution in [1.29, 1.82) is 0 Å². The minimum atomic E-state index is -0.875. The molecule has 0 saturated carbocycles. The largest absolute Gasteiger partial charge is 0.386 e. The molecular formula is C20H19FN2O2. The average molecular weight is 338 g/mol. The van der Waals surface area contributed by atoms with Crippen molar-refractivity contribution >= 4 is 0 Å². The second-order valence-electron chi connectivity index (χ2n) is 6.16. The van der Waals surface area contributed by atoms with Crippen molar-refractivity contribution in [2.75, 3.05) is 0 Å². The Morgan fingerprint density at radius 2 is 1.76 bits per heavy atom. The second kappa shape index (κ2) is 6.99. The third-order valence-electron chi connectivity index (χ3n) is 3.99. The van der Waals surface area contributed by atoms with E-state index < -0.39 is 11.9 Å². The van der Waals surface area contributed by atoms with Gasteiger partial charge in [-0.1, -0.05) is 41.5 Å². The van der Waals surface area contributed by atoms with E-state index in [0.29, 0.717) is 11.3 Å². The van der Waals surface area contributed by atoms with E-state index in [1.165, 1.54) is 22.9 Å². The molecule has 0 saturated heterocycles. The summed E-state index contributed by atoms with van der Waals surface area (Å²) >= 11 is 0. The lowest BCUT2D eigenvalue weighted by atomic mass is 10.0. The highest BCUT2D eigenvalue weighted by Crippen LogP contribution is 2.21. The zero-order valence-corrected chi connectivity index (χ0v) is 14.1. The molecule has 0 bridgehead atoms. The molecule has 0 amide bonds. The number of aromatic nitrogens is 2. The van der Waals surface area contributed by atoms with Crippen LogP contribution >= 0.6 is 0 Å². The second-order valence-corrected chi connectivity index (χ2v) is 6.16. The summed E-state index contributed by atoms with van der Waals surface area (Å²) in [5.41, 5.74) is 3.12. The summed E-state index contributed by atoms with van der Waals surface area (Å²) in [6, 6.07) is 14.8. The lowest BCUT2D eigenvalue weighted by molar-refractivity contribution is 0.149. The maximum Gasteiger partial charge on any atom is 0.266 e. The van der Waals surface area contributed by atoms with Gasteiger partial charge in [0.15, 0.2) is 0 Å². The summed E-state index contributed by atoms with van der Waals surface area (Å²) in [7, 11) is 0. The van der Waals surface area contributed by atoms with Crippen LogP contribution in [-0.4, -0.2) is 14.9 Å². The molecule has 128 valence electrons. The quantitative estimate of drug-likeness (QED) is 0.793. The van der Waals surface area contributed by atoms with E-state index >= 15 is 0 Å². The van der Waals surface area contributed by atoms with Gasteiger partial charge < -0.3 is 5.11 Å². The van der Waals surface area contributed by atoms with Gasteiger partial charge in [0.05, 0.1) is 18.3 Å². The molecule has 3 rings (SSSR count). The Balaban J connectivity index is 1.93. The SMILES string of the molecule is Cc1cc(C)cc(C(O)Cn2nc(-c3ccccc3F)ccc2=O)c1. The zero-order valence-electron chi connectivity index (χ0n) is 14.1. The van der Waals surface area contributed by atoms with Crippen molar-refractivity contribution < 1.29 is 9.50 Å². The van der Waals surface area contributed by atoms with Crippen molar-refractivity contribution in [1.82, 2.24) is 9.78 Å². The molecule has 1 atom stereocenters. The number of rotatable bonds is 4. The zero-order chi connectivity index (χ0) is 18.0. The van der Waals surface area contributed by atoms with Crippen molar-refractivity contribution in [3.63, 3.8) is 0 Å². The predicted molar refractivity (Wildman–Crippen MR) is 94.8 cm³/mol. The smallest absolute Gasteiger partial charge is 0.266 e. The van der Waals surface area contributed by atoms with E-state index in [2.05, 4.69) is 5.10 Å². The molecule has 1 N–H and O–H groups in total. The van der Waals surface area contributed by atoms with E-state index in [4.69, 9.17) is 0 Å². The standard InChI is InChI=1S/C20H19FN2O2/c1-13-9-14(2)11-15(10-13)19(24)12-23-20(25)8-7-18(22-23)16-5-3-4-6-17(16)21/h3-11,19,24H,12H2,1-2H3. The Kier molecular flexibility index (Phi) is 4.76. The lowest BCUT2D eigenvalue weighted by Gasteiger charge is -2.14. The summed E-state index contributed by atoms with van der Waals surface area (Å²) in [6.07, 6.45) is -0.875. The topological polar surface area (TPSA) is 55.1 Å². The maximum absolute atomic E-state index is 13.9. The average Bonchev–Trinajstić information content (AvgIpc) is 2.56. The molecule has 0 aliphatic heterocycles. The van der Waals surface area contributed by atoms with Gasteiger partial charge in [-0.15, -0.1) is 0 Å². The van der Waals surface area contributed by atoms with E-state index in [0.717, 1.165) is 16.7 Å². The van der Waals surface area contributed by atoms with Crippen LogP contribution in [0.3, 0.4) is 0 Å². The number of nitrogens with zero attached hydrogens (tertiary/aromatic N) is 2. The third kappa shape index (κ3) is 3.83. The molecular weight excluding hydrogens is 319 g/mol. The molecule has 1 heterocycles. The summed E-state index contributed by atoms with van der Waals surface area (Å²) in [4.78, 5) is 12.1. The van der Waals surface area contributed by atoms with Crippen molar-refractivity contribution in [3.8, 4) is 11.3 Å². The number of aliphatic hydroxyl groups excluding tert-OH is 1. The molecule has 25 heavy (non-hydrogen) atoms. The van der Waals surface area contributed by atoms with Crippen LogP contribution in [0.15, 0.2) is 59.4 Å². The maximum atomic E-state index is 13.9. The number of benzene rings is 2. The van der Waals surface area contributed by atoms with E-state index in [9.17, 15) is 14.3 Å². The van der Waals surface area contributed by atoms with Gasteiger partial charge in [-0.3, -0.25) is 4.79 Å². The van der Waals surface area contributed by atoms with Crippen LogP contribution in [-0.2, 0) is 6.54 Å². The number of aliphatic hydroxyl groups is 1. The minimum absolute atomic E-state index is 0.00399. The van der Waals surface area contributed by atoms with Gasteiger partial charge in [-0.25, -0.2) is 9.07 Å². The first kappa shape index (κ1) is 17.0. The Bertz CT molecular complexity index is 946. The van der Waals surface area contributed by atoms with Crippen LogP contribution < -0.4 is 5.56 Å². The normalized spacial score (nSPS) is 12.2. The molecule has 1 aromatic heterocycles.